The molecule has 0 saturated heterocycles. The first-order chi connectivity index (χ1) is 11.9. The van der Waals surface area contributed by atoms with Crippen molar-refractivity contribution in [3.05, 3.63) is 23.5 Å². The van der Waals surface area contributed by atoms with Crippen molar-refractivity contribution < 1.29 is 18.8 Å². The van der Waals surface area contributed by atoms with Gasteiger partial charge >= 0.3 is 6.09 Å². The summed E-state index contributed by atoms with van der Waals surface area (Å²) < 4.78 is 9.95. The first kappa shape index (κ1) is 18.7. The summed E-state index contributed by atoms with van der Waals surface area (Å²) in [5.74, 6) is 0.0934. The van der Waals surface area contributed by atoms with Crippen LogP contribution in [-0.2, 0) is 4.74 Å². The molecule has 0 fully saturated rings. The molecule has 0 spiro atoms. The second kappa shape index (κ2) is 8.46. The molecule has 0 aromatic carbocycles. The predicted octanol–water partition coefficient (Wildman–Crippen LogP) is 2.42. The molecule has 2 heterocycles. The van der Waals surface area contributed by atoms with E-state index >= 15 is 0 Å². The highest BCUT2D eigenvalue weighted by Gasteiger charge is 2.17. The molecule has 0 aliphatic heterocycles. The fourth-order valence-corrected chi connectivity index (χ4v) is 2.49. The van der Waals surface area contributed by atoms with Gasteiger partial charge in [0.15, 0.2) is 0 Å². The van der Waals surface area contributed by atoms with Gasteiger partial charge < -0.3 is 19.9 Å². The number of nitrogens with one attached hydrogen (secondary N) is 2. The summed E-state index contributed by atoms with van der Waals surface area (Å²) in [4.78, 5) is 28.1. The average Bonchev–Trinajstić information content (AvgIpc) is 2.92. The third-order valence-corrected chi connectivity index (χ3v) is 3.63. The predicted molar refractivity (Wildman–Crippen MR) is 92.3 cm³/mol. The smallest absolute Gasteiger partial charge is 0.407 e. The molecule has 1 atom stereocenters. The molecule has 0 aliphatic rings. The minimum absolute atomic E-state index is 0.211. The van der Waals surface area contributed by atoms with Crippen molar-refractivity contribution in [2.75, 3.05) is 13.2 Å². The number of nitrogens with zero attached hydrogens (tertiary/aromatic N) is 2. The number of alkyl carbamates (subject to hydrolysis) is 1. The highest BCUT2D eigenvalue weighted by molar-refractivity contribution is 5.97. The van der Waals surface area contributed by atoms with Gasteiger partial charge in [0.1, 0.15) is 0 Å². The normalized spacial score (nSPS) is 12.2. The minimum Gasteiger partial charge on any atom is -0.450 e. The topological polar surface area (TPSA) is 106 Å². The van der Waals surface area contributed by atoms with E-state index in [9.17, 15) is 9.59 Å². The molecule has 2 rings (SSSR count). The first-order valence-electron chi connectivity index (χ1n) is 8.34. The van der Waals surface area contributed by atoms with Crippen molar-refractivity contribution in [3.8, 4) is 0 Å². The fraction of sp³-hybridized carbons (Fsp3) is 0.529. The molecule has 8 nitrogen and oxygen atoms in total. The van der Waals surface area contributed by atoms with Gasteiger partial charge in [-0.25, -0.2) is 9.78 Å². The van der Waals surface area contributed by atoms with E-state index in [-0.39, 0.29) is 11.9 Å². The maximum Gasteiger partial charge on any atom is 0.407 e. The van der Waals surface area contributed by atoms with Gasteiger partial charge in [0.05, 0.1) is 23.3 Å². The van der Waals surface area contributed by atoms with E-state index in [1.165, 1.54) is 6.20 Å². The highest BCUT2D eigenvalue weighted by atomic mass is 16.5. The van der Waals surface area contributed by atoms with Crippen molar-refractivity contribution in [3.63, 3.8) is 0 Å². The van der Waals surface area contributed by atoms with Crippen LogP contribution in [0.5, 0.6) is 0 Å². The fourth-order valence-electron chi connectivity index (χ4n) is 2.49. The Morgan fingerprint density at radius 1 is 1.36 bits per heavy atom. The van der Waals surface area contributed by atoms with E-state index in [1.54, 1.807) is 19.9 Å². The van der Waals surface area contributed by atoms with E-state index in [2.05, 4.69) is 20.8 Å². The molecule has 0 bridgehead atoms. The van der Waals surface area contributed by atoms with Gasteiger partial charge in [0.25, 0.3) is 11.6 Å². The molecule has 2 aromatic heterocycles. The lowest BCUT2D eigenvalue weighted by Gasteiger charge is -2.20. The van der Waals surface area contributed by atoms with Crippen LogP contribution in [-0.4, -0.2) is 41.3 Å². The van der Waals surface area contributed by atoms with Crippen LogP contribution in [0.4, 0.5) is 4.79 Å². The van der Waals surface area contributed by atoms with Gasteiger partial charge in [-0.3, -0.25) is 4.79 Å². The average molecular weight is 348 g/mol. The number of carbonyl (C=O) groups is 2. The standard InChI is InChI=1S/C17H24N4O4/c1-5-24-17(23)20-13(6-10(2)3)9-18-15(22)12-7-14-11(4)21-25-16(14)19-8-12/h7-8,10,13H,5-6,9H2,1-4H3,(H,18,22)(H,20,23)/t13-/m0/s1. The Kier molecular flexibility index (Phi) is 6.32. The van der Waals surface area contributed by atoms with Crippen LogP contribution in [0.1, 0.15) is 43.2 Å². The monoisotopic (exact) mass is 348 g/mol. The number of ether oxygens (including phenoxy) is 1. The van der Waals surface area contributed by atoms with Crippen LogP contribution in [0.2, 0.25) is 0 Å². The molecule has 8 heteroatoms. The number of fused-ring (bicyclic) bond motifs is 1. The van der Waals surface area contributed by atoms with Gasteiger partial charge in [-0.1, -0.05) is 19.0 Å². The van der Waals surface area contributed by atoms with E-state index in [4.69, 9.17) is 9.26 Å². The maximum absolute atomic E-state index is 12.4. The Morgan fingerprint density at radius 2 is 2.12 bits per heavy atom. The van der Waals surface area contributed by atoms with Crippen LogP contribution in [0, 0.1) is 12.8 Å². The Balaban J connectivity index is 2.00. The van der Waals surface area contributed by atoms with Crippen LogP contribution in [0.25, 0.3) is 11.1 Å². The number of rotatable bonds is 7. The van der Waals surface area contributed by atoms with Gasteiger partial charge in [-0.2, -0.15) is 0 Å². The SMILES string of the molecule is CCOC(=O)N[C@H](CNC(=O)c1cnc2onc(C)c2c1)CC(C)C. The number of hydrogen-bond acceptors (Lipinski definition) is 6. The van der Waals surface area contributed by atoms with Crippen molar-refractivity contribution in [2.24, 2.45) is 5.92 Å². The van der Waals surface area contributed by atoms with Crippen molar-refractivity contribution in [1.29, 1.82) is 0 Å². The molecule has 0 unspecified atom stereocenters. The van der Waals surface area contributed by atoms with Crippen molar-refractivity contribution in [1.82, 2.24) is 20.8 Å². The molecule has 2 amide bonds. The third kappa shape index (κ3) is 5.17. The molecule has 2 N–H and O–H groups in total. The van der Waals surface area contributed by atoms with E-state index in [0.29, 0.717) is 41.4 Å². The largest absolute Gasteiger partial charge is 0.450 e. The molecule has 0 radical (unpaired) electrons. The quantitative estimate of drug-likeness (QED) is 0.796. The zero-order valence-electron chi connectivity index (χ0n) is 15.0. The second-order valence-corrected chi connectivity index (χ2v) is 6.25. The van der Waals surface area contributed by atoms with E-state index in [1.807, 2.05) is 13.8 Å². The van der Waals surface area contributed by atoms with Crippen molar-refractivity contribution in [2.45, 2.75) is 40.2 Å². The number of aromatic nitrogens is 2. The van der Waals surface area contributed by atoms with E-state index in [0.717, 1.165) is 6.42 Å². The van der Waals surface area contributed by atoms with Crippen LogP contribution in [0.15, 0.2) is 16.8 Å². The summed E-state index contributed by atoms with van der Waals surface area (Å²) in [6.07, 6.45) is 1.69. The number of aryl methyl sites for hydroxylation is 1. The van der Waals surface area contributed by atoms with Gasteiger partial charge in [0.2, 0.25) is 0 Å². The second-order valence-electron chi connectivity index (χ2n) is 6.25. The molecular formula is C17H24N4O4. The Labute approximate surface area is 146 Å². The van der Waals surface area contributed by atoms with Gasteiger partial charge in [-0.05, 0) is 32.3 Å². The van der Waals surface area contributed by atoms with Crippen molar-refractivity contribution >= 4 is 23.1 Å². The summed E-state index contributed by atoms with van der Waals surface area (Å²) in [7, 11) is 0. The molecule has 25 heavy (non-hydrogen) atoms. The number of hydrogen-bond donors (Lipinski definition) is 2. The molecule has 136 valence electrons. The lowest BCUT2D eigenvalue weighted by molar-refractivity contribution is 0.0944. The molecule has 0 saturated carbocycles. The van der Waals surface area contributed by atoms with Crippen LogP contribution < -0.4 is 10.6 Å². The maximum atomic E-state index is 12.4. The third-order valence-electron chi connectivity index (χ3n) is 3.63. The number of carbonyl (C=O) groups excluding carboxylic acids is 2. The molecule has 2 aromatic rings. The summed E-state index contributed by atoms with van der Waals surface area (Å²) >= 11 is 0. The zero-order valence-corrected chi connectivity index (χ0v) is 15.0. The van der Waals surface area contributed by atoms with Gasteiger partial charge in [0, 0.05) is 18.8 Å². The Hall–Kier alpha value is -2.64. The Bertz CT molecular complexity index is 741. The molecular weight excluding hydrogens is 324 g/mol. The molecule has 0 aliphatic carbocycles. The summed E-state index contributed by atoms with van der Waals surface area (Å²) in [5, 5.41) is 10.1. The van der Waals surface area contributed by atoms with Crippen LogP contribution >= 0.6 is 0 Å². The number of amides is 2. The lowest BCUT2D eigenvalue weighted by Crippen LogP contribution is -2.44. The summed E-state index contributed by atoms with van der Waals surface area (Å²) in [6, 6.07) is 1.48. The lowest BCUT2D eigenvalue weighted by atomic mass is 10.0. The number of pyridine rings is 1. The van der Waals surface area contributed by atoms with Crippen LogP contribution in [0.3, 0.4) is 0 Å². The Morgan fingerprint density at radius 3 is 2.80 bits per heavy atom. The van der Waals surface area contributed by atoms with E-state index < -0.39 is 6.09 Å². The summed E-state index contributed by atoms with van der Waals surface area (Å²) in [5.41, 5.74) is 1.49. The first-order valence-corrected chi connectivity index (χ1v) is 8.34. The van der Waals surface area contributed by atoms with Gasteiger partial charge in [-0.15, -0.1) is 0 Å². The zero-order chi connectivity index (χ0) is 18.4. The summed E-state index contributed by atoms with van der Waals surface area (Å²) in [6.45, 7) is 8.24. The highest BCUT2D eigenvalue weighted by Crippen LogP contribution is 2.16. The minimum atomic E-state index is -0.481.